The van der Waals surface area contributed by atoms with Crippen LogP contribution >= 0.6 is 23.2 Å². The van der Waals surface area contributed by atoms with Gasteiger partial charge >= 0.3 is 0 Å². The van der Waals surface area contributed by atoms with Crippen molar-refractivity contribution in [2.24, 2.45) is 0 Å². The summed E-state index contributed by atoms with van der Waals surface area (Å²) in [5.74, 6) is -1.30. The fourth-order valence-corrected chi connectivity index (χ4v) is 4.37. The summed E-state index contributed by atoms with van der Waals surface area (Å²) in [4.78, 5) is 27.9. The summed E-state index contributed by atoms with van der Waals surface area (Å²) in [5, 5.41) is 21.7. The Morgan fingerprint density at radius 2 is 1.61 bits per heavy atom. The van der Waals surface area contributed by atoms with Gasteiger partial charge < -0.3 is 19.7 Å². The van der Waals surface area contributed by atoms with Gasteiger partial charge in [0.15, 0.2) is 0 Å². The van der Waals surface area contributed by atoms with Crippen LogP contribution in [0.4, 0.5) is 5.69 Å². The highest BCUT2D eigenvalue weighted by atomic mass is 35.5. The Bertz CT molecular complexity index is 1350. The Morgan fingerprint density at radius 3 is 2.25 bits per heavy atom. The van der Waals surface area contributed by atoms with Gasteiger partial charge in [0.2, 0.25) is 0 Å². The highest BCUT2D eigenvalue weighted by Crippen LogP contribution is 2.44. The Balaban J connectivity index is 1.95. The number of hydrogen-bond acceptors (Lipinski definition) is 6. The lowest BCUT2D eigenvalue weighted by molar-refractivity contribution is -0.132. The van der Waals surface area contributed by atoms with E-state index in [1.54, 1.807) is 43.3 Å². The van der Waals surface area contributed by atoms with Gasteiger partial charge in [0.25, 0.3) is 11.7 Å². The lowest BCUT2D eigenvalue weighted by atomic mass is 9.94. The first kappa shape index (κ1) is 25.4. The third-order valence-corrected chi connectivity index (χ3v) is 6.39. The summed E-state index contributed by atoms with van der Waals surface area (Å²) >= 11 is 12.3. The van der Waals surface area contributed by atoms with E-state index in [-0.39, 0.29) is 26.9 Å². The molecule has 1 amide bonds. The van der Waals surface area contributed by atoms with Crippen molar-refractivity contribution >= 4 is 46.3 Å². The van der Waals surface area contributed by atoms with Gasteiger partial charge in [-0.2, -0.15) is 0 Å². The van der Waals surface area contributed by atoms with Crippen LogP contribution < -0.4 is 14.4 Å². The molecule has 0 radical (unpaired) electrons. The Morgan fingerprint density at radius 1 is 0.917 bits per heavy atom. The van der Waals surface area contributed by atoms with Crippen molar-refractivity contribution in [1.29, 1.82) is 0 Å². The molecule has 1 heterocycles. The number of anilines is 1. The van der Waals surface area contributed by atoms with Gasteiger partial charge in [-0.3, -0.25) is 14.5 Å². The first-order valence-electron chi connectivity index (χ1n) is 11.2. The maximum Gasteiger partial charge on any atom is 0.300 e. The molecule has 1 atom stereocenters. The fourth-order valence-electron chi connectivity index (χ4n) is 4.08. The number of aliphatic hydroxyl groups is 1. The molecule has 3 aromatic rings. The lowest BCUT2D eigenvalue weighted by Crippen LogP contribution is -2.29. The number of Topliss-reactive ketones (excluding diaryl/α,β-unsaturated/α-hetero) is 1. The van der Waals surface area contributed by atoms with Crippen molar-refractivity contribution in [3.63, 3.8) is 0 Å². The molecule has 36 heavy (non-hydrogen) atoms. The summed E-state index contributed by atoms with van der Waals surface area (Å²) in [6, 6.07) is 14.4. The number of rotatable bonds is 7. The van der Waals surface area contributed by atoms with Gasteiger partial charge in [-0.05, 0) is 61.9 Å². The number of carbonyl (C=O) groups excluding carboxylic acids is 2. The number of ketones is 1. The third kappa shape index (κ3) is 4.72. The molecule has 0 spiro atoms. The van der Waals surface area contributed by atoms with Crippen molar-refractivity contribution in [2.45, 2.75) is 19.9 Å². The second kappa shape index (κ2) is 10.5. The van der Waals surface area contributed by atoms with Crippen LogP contribution in [-0.4, -0.2) is 35.1 Å². The maximum absolute atomic E-state index is 13.4. The fraction of sp³-hybridized carbons (Fsp3) is 0.185. The highest BCUT2D eigenvalue weighted by Gasteiger charge is 2.47. The summed E-state index contributed by atoms with van der Waals surface area (Å²) in [6.45, 7) is 4.37. The normalized spacial score (nSPS) is 16.9. The molecule has 0 aromatic heterocycles. The SMILES string of the molecule is CCOc1ccc(/C(O)=C2/C(=O)C(=O)N(c3ccc(Cl)c(Cl)c3)C2c2ccc(O)cc2)c(OCC)c1. The highest BCUT2D eigenvalue weighted by molar-refractivity contribution is 6.52. The smallest absolute Gasteiger partial charge is 0.300 e. The second-order valence-corrected chi connectivity index (χ2v) is 8.70. The monoisotopic (exact) mass is 527 g/mol. The minimum absolute atomic E-state index is 0.00961. The van der Waals surface area contributed by atoms with Crippen LogP contribution in [0.15, 0.2) is 66.2 Å². The van der Waals surface area contributed by atoms with E-state index in [4.69, 9.17) is 32.7 Å². The average Bonchev–Trinajstić information content (AvgIpc) is 3.12. The number of aromatic hydroxyl groups is 1. The van der Waals surface area contributed by atoms with Crippen molar-refractivity contribution in [2.75, 3.05) is 18.1 Å². The number of aliphatic hydroxyl groups excluding tert-OH is 1. The zero-order valence-electron chi connectivity index (χ0n) is 19.5. The molecule has 1 aliphatic rings. The standard InChI is InChI=1S/C27H23Cl2NO6/c1-3-35-18-10-11-19(22(14-18)36-4-2)25(32)23-24(15-5-8-17(31)9-6-15)30(27(34)26(23)33)16-7-12-20(28)21(29)13-16/h5-14,24,31-32H,3-4H2,1-2H3/b25-23-. The second-order valence-electron chi connectivity index (χ2n) is 7.88. The molecule has 4 rings (SSSR count). The summed E-state index contributed by atoms with van der Waals surface area (Å²) < 4.78 is 11.2. The number of phenols is 1. The zero-order chi connectivity index (χ0) is 26.0. The van der Waals surface area contributed by atoms with E-state index in [9.17, 15) is 19.8 Å². The molecule has 7 nitrogen and oxygen atoms in total. The Labute approximate surface area is 218 Å². The predicted octanol–water partition coefficient (Wildman–Crippen LogP) is 6.12. The van der Waals surface area contributed by atoms with Crippen LogP contribution in [0.3, 0.4) is 0 Å². The molecular formula is C27H23Cl2NO6. The lowest BCUT2D eigenvalue weighted by Gasteiger charge is -2.26. The molecule has 1 saturated heterocycles. The number of halogens is 2. The number of hydrogen-bond donors (Lipinski definition) is 2. The number of carbonyl (C=O) groups is 2. The topological polar surface area (TPSA) is 96.3 Å². The number of phenolic OH excluding ortho intramolecular Hbond substituents is 1. The van der Waals surface area contributed by atoms with Crippen LogP contribution in [0.5, 0.6) is 17.2 Å². The van der Waals surface area contributed by atoms with Gasteiger partial charge in [-0.1, -0.05) is 35.3 Å². The van der Waals surface area contributed by atoms with Gasteiger partial charge in [0.1, 0.15) is 23.0 Å². The van der Waals surface area contributed by atoms with E-state index >= 15 is 0 Å². The van der Waals surface area contributed by atoms with Crippen LogP contribution in [0, 0.1) is 0 Å². The molecule has 1 unspecified atom stereocenters. The van der Waals surface area contributed by atoms with Crippen molar-refractivity contribution < 1.29 is 29.3 Å². The molecule has 1 fully saturated rings. The van der Waals surface area contributed by atoms with E-state index in [1.165, 1.54) is 29.2 Å². The number of ether oxygens (including phenoxy) is 2. The molecule has 0 bridgehead atoms. The largest absolute Gasteiger partial charge is 0.508 e. The van der Waals surface area contributed by atoms with Crippen LogP contribution in [0.25, 0.3) is 5.76 Å². The van der Waals surface area contributed by atoms with Crippen molar-refractivity contribution in [3.8, 4) is 17.2 Å². The molecule has 1 aliphatic heterocycles. The third-order valence-electron chi connectivity index (χ3n) is 5.65. The van der Waals surface area contributed by atoms with Crippen molar-refractivity contribution in [3.05, 3.63) is 87.4 Å². The predicted molar refractivity (Wildman–Crippen MR) is 138 cm³/mol. The number of benzene rings is 3. The van der Waals surface area contributed by atoms with E-state index < -0.39 is 23.5 Å². The maximum atomic E-state index is 13.4. The van der Waals surface area contributed by atoms with Gasteiger partial charge in [-0.15, -0.1) is 0 Å². The van der Waals surface area contributed by atoms with Crippen LogP contribution in [-0.2, 0) is 9.59 Å². The van der Waals surface area contributed by atoms with Crippen molar-refractivity contribution in [1.82, 2.24) is 0 Å². The molecule has 0 aliphatic carbocycles. The number of amides is 1. The molecule has 2 N–H and O–H groups in total. The first-order chi connectivity index (χ1) is 17.3. The van der Waals surface area contributed by atoms with E-state index in [1.807, 2.05) is 6.92 Å². The minimum atomic E-state index is -1.01. The Hall–Kier alpha value is -3.68. The summed E-state index contributed by atoms with van der Waals surface area (Å²) in [7, 11) is 0. The van der Waals surface area contributed by atoms with E-state index in [2.05, 4.69) is 0 Å². The van der Waals surface area contributed by atoms with Gasteiger partial charge in [0.05, 0.1) is 40.4 Å². The Kier molecular flexibility index (Phi) is 7.43. The molecule has 9 heteroatoms. The first-order valence-corrected chi connectivity index (χ1v) is 12.0. The van der Waals surface area contributed by atoms with Crippen LogP contribution in [0.1, 0.15) is 31.0 Å². The average molecular weight is 528 g/mol. The molecular weight excluding hydrogens is 505 g/mol. The minimum Gasteiger partial charge on any atom is -0.508 e. The summed E-state index contributed by atoms with van der Waals surface area (Å²) in [5.41, 5.74) is 0.905. The molecule has 3 aromatic carbocycles. The molecule has 186 valence electrons. The number of nitrogens with zero attached hydrogens (tertiary/aromatic N) is 1. The quantitative estimate of drug-likeness (QED) is 0.218. The van der Waals surface area contributed by atoms with Crippen LogP contribution in [0.2, 0.25) is 10.0 Å². The molecule has 0 saturated carbocycles. The van der Waals surface area contributed by atoms with E-state index in [0.29, 0.717) is 36.0 Å². The zero-order valence-corrected chi connectivity index (χ0v) is 21.0. The summed E-state index contributed by atoms with van der Waals surface area (Å²) in [6.07, 6.45) is 0. The van der Waals surface area contributed by atoms with Gasteiger partial charge in [0, 0.05) is 11.8 Å². The van der Waals surface area contributed by atoms with E-state index in [0.717, 1.165) is 0 Å². The van der Waals surface area contributed by atoms with Gasteiger partial charge in [-0.25, -0.2) is 0 Å².